The van der Waals surface area contributed by atoms with Crippen LogP contribution in [0.1, 0.15) is 33.6 Å². The van der Waals surface area contributed by atoms with E-state index in [-0.39, 0.29) is 6.03 Å². The van der Waals surface area contributed by atoms with Crippen molar-refractivity contribution in [3.05, 3.63) is 0 Å². The Bertz CT molecular complexity index is 241. The van der Waals surface area contributed by atoms with Crippen LogP contribution in [0.2, 0.25) is 0 Å². The molecule has 5 nitrogen and oxygen atoms in total. The van der Waals surface area contributed by atoms with Gasteiger partial charge in [-0.15, -0.1) is 0 Å². The lowest BCUT2D eigenvalue weighted by atomic mass is 10.1. The smallest absolute Gasteiger partial charge is 0.326 e. The van der Waals surface area contributed by atoms with Crippen molar-refractivity contribution in [2.75, 3.05) is 13.6 Å². The highest BCUT2D eigenvalue weighted by atomic mass is 16.4. The number of likely N-dealkylation sites (N-methyl/N-ethyl adjacent to an activating group) is 1. The van der Waals surface area contributed by atoms with Crippen LogP contribution < -0.4 is 5.32 Å². The van der Waals surface area contributed by atoms with Crippen molar-refractivity contribution in [2.45, 2.75) is 39.7 Å². The largest absolute Gasteiger partial charge is 0.480 e. The fourth-order valence-electron chi connectivity index (χ4n) is 1.35. The van der Waals surface area contributed by atoms with Crippen LogP contribution in [0, 0.1) is 5.92 Å². The maximum Gasteiger partial charge on any atom is 0.326 e. The number of nitrogens with zero attached hydrogens (tertiary/aromatic N) is 1. The van der Waals surface area contributed by atoms with E-state index in [1.165, 1.54) is 11.9 Å². The summed E-state index contributed by atoms with van der Waals surface area (Å²) in [7, 11) is 1.51. The molecule has 1 atom stereocenters. The van der Waals surface area contributed by atoms with E-state index in [0.717, 1.165) is 6.42 Å². The van der Waals surface area contributed by atoms with Gasteiger partial charge in [-0.25, -0.2) is 9.59 Å². The van der Waals surface area contributed by atoms with Crippen LogP contribution in [0.25, 0.3) is 0 Å². The molecule has 5 heteroatoms. The minimum Gasteiger partial charge on any atom is -0.480 e. The van der Waals surface area contributed by atoms with Crippen molar-refractivity contribution in [1.29, 1.82) is 0 Å². The predicted molar refractivity (Wildman–Crippen MR) is 62.3 cm³/mol. The number of urea groups is 1. The van der Waals surface area contributed by atoms with Gasteiger partial charge in [-0.05, 0) is 18.8 Å². The van der Waals surface area contributed by atoms with E-state index in [4.69, 9.17) is 5.11 Å². The van der Waals surface area contributed by atoms with Crippen LogP contribution in [0.3, 0.4) is 0 Å². The van der Waals surface area contributed by atoms with E-state index in [1.54, 1.807) is 6.92 Å². The van der Waals surface area contributed by atoms with Crippen molar-refractivity contribution in [1.82, 2.24) is 10.2 Å². The van der Waals surface area contributed by atoms with E-state index >= 15 is 0 Å². The minimum absolute atomic E-state index is 0.324. The summed E-state index contributed by atoms with van der Waals surface area (Å²) in [6.07, 6.45) is 1.30. The van der Waals surface area contributed by atoms with Crippen LogP contribution in [0.5, 0.6) is 0 Å². The lowest BCUT2D eigenvalue weighted by molar-refractivity contribution is -0.141. The van der Waals surface area contributed by atoms with Gasteiger partial charge in [0.2, 0.25) is 0 Å². The average Bonchev–Trinajstić information content (AvgIpc) is 2.17. The van der Waals surface area contributed by atoms with Gasteiger partial charge in [0, 0.05) is 13.6 Å². The fraction of sp³-hybridized carbons (Fsp3) is 0.818. The van der Waals surface area contributed by atoms with Crippen molar-refractivity contribution in [3.8, 4) is 0 Å². The summed E-state index contributed by atoms with van der Waals surface area (Å²) in [6.45, 7) is 6.47. The van der Waals surface area contributed by atoms with Crippen molar-refractivity contribution >= 4 is 12.0 Å². The number of carbonyl (C=O) groups excluding carboxylic acids is 1. The SMILES string of the molecule is CCC(C(=O)O)N(C)C(=O)NCCC(C)C. The number of carboxylic acids is 1. The van der Waals surface area contributed by atoms with E-state index < -0.39 is 12.0 Å². The van der Waals surface area contributed by atoms with Crippen LogP contribution >= 0.6 is 0 Å². The summed E-state index contributed by atoms with van der Waals surface area (Å²) in [4.78, 5) is 23.7. The first-order valence-corrected chi connectivity index (χ1v) is 5.63. The van der Waals surface area contributed by atoms with Crippen molar-refractivity contribution < 1.29 is 14.7 Å². The molecule has 2 N–H and O–H groups in total. The van der Waals surface area contributed by atoms with Gasteiger partial charge in [-0.1, -0.05) is 20.8 Å². The second-order valence-electron chi connectivity index (χ2n) is 4.29. The number of aliphatic carboxylic acids is 1. The first-order chi connectivity index (χ1) is 7.40. The molecule has 94 valence electrons. The van der Waals surface area contributed by atoms with E-state index in [9.17, 15) is 9.59 Å². The van der Waals surface area contributed by atoms with Crippen LogP contribution in [-0.2, 0) is 4.79 Å². The van der Waals surface area contributed by atoms with Gasteiger partial charge in [-0.3, -0.25) is 0 Å². The topological polar surface area (TPSA) is 69.6 Å². The Morgan fingerprint density at radius 3 is 2.31 bits per heavy atom. The molecule has 1 unspecified atom stereocenters. The number of carbonyl (C=O) groups is 2. The summed E-state index contributed by atoms with van der Waals surface area (Å²) in [6, 6.07) is -1.08. The zero-order chi connectivity index (χ0) is 12.7. The van der Waals surface area contributed by atoms with E-state index in [0.29, 0.717) is 18.9 Å². The molecular formula is C11H22N2O3. The van der Waals surface area contributed by atoms with Gasteiger partial charge in [0.1, 0.15) is 6.04 Å². The van der Waals surface area contributed by atoms with Gasteiger partial charge in [-0.2, -0.15) is 0 Å². The maximum absolute atomic E-state index is 11.6. The molecule has 0 fully saturated rings. The molecule has 0 saturated carbocycles. The molecule has 0 aliphatic carbocycles. The number of carboxylic acid groups (broad SMARTS) is 1. The third kappa shape index (κ3) is 5.00. The summed E-state index contributed by atoms with van der Waals surface area (Å²) in [5, 5.41) is 11.6. The molecule has 16 heavy (non-hydrogen) atoms. The Balaban J connectivity index is 4.11. The monoisotopic (exact) mass is 230 g/mol. The number of nitrogens with one attached hydrogen (secondary N) is 1. The molecule has 0 aromatic heterocycles. The molecule has 0 spiro atoms. The standard InChI is InChI=1S/C11H22N2O3/c1-5-9(10(14)15)13(4)11(16)12-7-6-8(2)3/h8-9H,5-7H2,1-4H3,(H,12,16)(H,14,15). The Kier molecular flexibility index (Phi) is 6.53. The molecular weight excluding hydrogens is 208 g/mol. The van der Waals surface area contributed by atoms with Gasteiger partial charge >= 0.3 is 12.0 Å². The zero-order valence-electron chi connectivity index (χ0n) is 10.5. The maximum atomic E-state index is 11.6. The zero-order valence-corrected chi connectivity index (χ0v) is 10.5. The summed E-state index contributed by atoms with van der Waals surface area (Å²) in [5.74, 6) is -0.448. The molecule has 0 saturated heterocycles. The number of rotatable bonds is 6. The fourth-order valence-corrected chi connectivity index (χ4v) is 1.35. The normalized spacial score (nSPS) is 12.3. The molecule has 0 aliphatic rings. The molecule has 0 heterocycles. The molecule has 0 aliphatic heterocycles. The average molecular weight is 230 g/mol. The third-order valence-corrected chi connectivity index (χ3v) is 2.46. The van der Waals surface area contributed by atoms with Gasteiger partial charge in [0.25, 0.3) is 0 Å². The van der Waals surface area contributed by atoms with Crippen LogP contribution in [-0.4, -0.2) is 41.6 Å². The number of hydrogen-bond donors (Lipinski definition) is 2. The lowest BCUT2D eigenvalue weighted by Gasteiger charge is -2.24. The highest BCUT2D eigenvalue weighted by Crippen LogP contribution is 2.03. The van der Waals surface area contributed by atoms with Gasteiger partial charge in [0.05, 0.1) is 0 Å². The quantitative estimate of drug-likeness (QED) is 0.727. The molecule has 0 aromatic rings. The van der Waals surface area contributed by atoms with Crippen molar-refractivity contribution in [2.24, 2.45) is 5.92 Å². The highest BCUT2D eigenvalue weighted by molar-refractivity contribution is 5.82. The summed E-state index contributed by atoms with van der Waals surface area (Å²) >= 11 is 0. The first-order valence-electron chi connectivity index (χ1n) is 5.63. The highest BCUT2D eigenvalue weighted by Gasteiger charge is 2.24. The summed E-state index contributed by atoms with van der Waals surface area (Å²) in [5.41, 5.74) is 0. The summed E-state index contributed by atoms with van der Waals surface area (Å²) < 4.78 is 0. The van der Waals surface area contributed by atoms with Gasteiger partial charge < -0.3 is 15.3 Å². The third-order valence-electron chi connectivity index (χ3n) is 2.46. The molecule has 0 rings (SSSR count). The predicted octanol–water partition coefficient (Wildman–Crippen LogP) is 1.54. The Morgan fingerprint density at radius 1 is 1.38 bits per heavy atom. The first kappa shape index (κ1) is 14.7. The van der Waals surface area contributed by atoms with Gasteiger partial charge in [0.15, 0.2) is 0 Å². The Hall–Kier alpha value is -1.26. The Morgan fingerprint density at radius 2 is 1.94 bits per heavy atom. The number of amides is 2. The molecule has 0 aromatic carbocycles. The minimum atomic E-state index is -0.969. The van der Waals surface area contributed by atoms with Crippen molar-refractivity contribution in [3.63, 3.8) is 0 Å². The number of hydrogen-bond acceptors (Lipinski definition) is 2. The molecule has 2 amide bonds. The second-order valence-corrected chi connectivity index (χ2v) is 4.29. The van der Waals surface area contributed by atoms with E-state index in [1.807, 2.05) is 0 Å². The second kappa shape index (κ2) is 7.09. The molecule has 0 bridgehead atoms. The van der Waals surface area contributed by atoms with E-state index in [2.05, 4.69) is 19.2 Å². The molecule has 0 radical (unpaired) electrons. The Labute approximate surface area is 96.8 Å². The van der Waals surface area contributed by atoms with Crippen LogP contribution in [0.4, 0.5) is 4.79 Å². The van der Waals surface area contributed by atoms with Crippen LogP contribution in [0.15, 0.2) is 0 Å². The lowest BCUT2D eigenvalue weighted by Crippen LogP contribution is -2.47.